The van der Waals surface area contributed by atoms with Crippen LogP contribution in [0.5, 0.6) is 0 Å². The second-order valence-electron chi connectivity index (χ2n) is 5.11. The predicted molar refractivity (Wildman–Crippen MR) is 81.9 cm³/mol. The lowest BCUT2D eigenvalue weighted by molar-refractivity contribution is -0.150. The number of ether oxygens (including phenoxy) is 1. The van der Waals surface area contributed by atoms with Crippen LogP contribution in [0.15, 0.2) is 24.3 Å². The molecule has 1 amide bonds. The first-order valence-corrected chi connectivity index (χ1v) is 7.57. The number of carbonyl (C=O) groups is 2. The Hall–Kier alpha value is -1.95. The highest BCUT2D eigenvalue weighted by molar-refractivity contribution is 7.18. The molecule has 2 rings (SSSR count). The number of hydrogen-bond donors (Lipinski definition) is 1. The number of amides is 1. The molecule has 0 saturated carbocycles. The van der Waals surface area contributed by atoms with Gasteiger partial charge in [-0.1, -0.05) is 26.0 Å². The minimum absolute atomic E-state index is 0.0308. The number of esters is 1. The van der Waals surface area contributed by atoms with Gasteiger partial charge < -0.3 is 10.1 Å². The van der Waals surface area contributed by atoms with Crippen molar-refractivity contribution in [1.29, 1.82) is 0 Å². The van der Waals surface area contributed by atoms with Crippen molar-refractivity contribution in [2.24, 2.45) is 5.92 Å². The Kier molecular flexibility index (Phi) is 4.90. The van der Waals surface area contributed by atoms with Crippen LogP contribution in [0.25, 0.3) is 10.2 Å². The molecule has 1 aromatic heterocycles. The van der Waals surface area contributed by atoms with Gasteiger partial charge in [0.1, 0.15) is 17.7 Å². The molecule has 2 aromatic rings. The van der Waals surface area contributed by atoms with Gasteiger partial charge in [0.15, 0.2) is 0 Å². The number of carbonyl (C=O) groups excluding carboxylic acids is 2. The summed E-state index contributed by atoms with van der Waals surface area (Å²) in [7, 11) is 0. The predicted octanol–water partition coefficient (Wildman–Crippen LogP) is 2.50. The zero-order chi connectivity index (χ0) is 15.4. The third-order valence-corrected chi connectivity index (χ3v) is 3.97. The zero-order valence-corrected chi connectivity index (χ0v) is 13.1. The minimum atomic E-state index is -0.628. The number of rotatable bonds is 5. The van der Waals surface area contributed by atoms with Gasteiger partial charge in [-0.15, -0.1) is 11.3 Å². The second-order valence-corrected chi connectivity index (χ2v) is 6.22. The van der Waals surface area contributed by atoms with Crippen molar-refractivity contribution in [1.82, 2.24) is 10.3 Å². The summed E-state index contributed by atoms with van der Waals surface area (Å²) in [6.07, 6.45) is 0. The number of para-hydroxylation sites is 1. The first-order valence-electron chi connectivity index (χ1n) is 6.75. The fourth-order valence-corrected chi connectivity index (χ4v) is 2.80. The van der Waals surface area contributed by atoms with Crippen LogP contribution in [0.4, 0.5) is 0 Å². The third kappa shape index (κ3) is 4.01. The van der Waals surface area contributed by atoms with Gasteiger partial charge in [-0.25, -0.2) is 9.78 Å². The van der Waals surface area contributed by atoms with Crippen LogP contribution in [-0.2, 0) is 20.9 Å². The zero-order valence-electron chi connectivity index (χ0n) is 12.3. The van der Waals surface area contributed by atoms with Crippen LogP contribution in [0.1, 0.15) is 25.8 Å². The Bertz CT molecular complexity index is 618. The van der Waals surface area contributed by atoms with Crippen LogP contribution in [0, 0.1) is 5.92 Å². The Labute approximate surface area is 127 Å². The van der Waals surface area contributed by atoms with Gasteiger partial charge >= 0.3 is 5.97 Å². The van der Waals surface area contributed by atoms with Crippen molar-refractivity contribution in [2.75, 3.05) is 0 Å². The largest absolute Gasteiger partial charge is 0.457 e. The average Bonchev–Trinajstić information content (AvgIpc) is 2.84. The molecule has 0 bridgehead atoms. The summed E-state index contributed by atoms with van der Waals surface area (Å²) in [6.45, 7) is 5.23. The number of benzene rings is 1. The molecule has 0 saturated heterocycles. The van der Waals surface area contributed by atoms with Gasteiger partial charge in [0, 0.05) is 6.92 Å². The number of thiazole rings is 1. The fraction of sp³-hybridized carbons (Fsp3) is 0.400. The van der Waals surface area contributed by atoms with Gasteiger partial charge in [0.2, 0.25) is 5.91 Å². The molecule has 0 spiro atoms. The summed E-state index contributed by atoms with van der Waals surface area (Å²) in [5.41, 5.74) is 0.899. The highest BCUT2D eigenvalue weighted by Crippen LogP contribution is 2.22. The lowest BCUT2D eigenvalue weighted by Gasteiger charge is -2.19. The van der Waals surface area contributed by atoms with Crippen LogP contribution < -0.4 is 5.32 Å². The SMILES string of the molecule is CC(=O)N[C@@H](C(=O)OCc1nc2ccccc2s1)C(C)C. The number of hydrogen-bond acceptors (Lipinski definition) is 5. The molecular formula is C15H18N2O3S. The first-order chi connectivity index (χ1) is 9.97. The minimum Gasteiger partial charge on any atom is -0.457 e. The van der Waals surface area contributed by atoms with Crippen molar-refractivity contribution in [2.45, 2.75) is 33.4 Å². The van der Waals surface area contributed by atoms with E-state index in [1.807, 2.05) is 38.1 Å². The summed E-state index contributed by atoms with van der Waals surface area (Å²) in [5.74, 6) is -0.707. The Morgan fingerprint density at radius 2 is 2.05 bits per heavy atom. The van der Waals surface area contributed by atoms with Crippen molar-refractivity contribution < 1.29 is 14.3 Å². The summed E-state index contributed by atoms with van der Waals surface area (Å²) < 4.78 is 6.34. The van der Waals surface area contributed by atoms with Crippen LogP contribution >= 0.6 is 11.3 Å². The molecule has 0 aliphatic heterocycles. The van der Waals surface area contributed by atoms with E-state index in [0.29, 0.717) is 0 Å². The van der Waals surface area contributed by atoms with E-state index in [-0.39, 0.29) is 18.4 Å². The Morgan fingerprint density at radius 3 is 2.67 bits per heavy atom. The number of nitrogens with one attached hydrogen (secondary N) is 1. The van der Waals surface area contributed by atoms with E-state index in [0.717, 1.165) is 15.2 Å². The molecule has 1 atom stereocenters. The summed E-state index contributed by atoms with van der Waals surface area (Å²) >= 11 is 1.50. The molecule has 0 aliphatic carbocycles. The lowest BCUT2D eigenvalue weighted by atomic mass is 10.0. The van der Waals surface area contributed by atoms with Crippen molar-refractivity contribution in [3.63, 3.8) is 0 Å². The van der Waals surface area contributed by atoms with Gasteiger partial charge in [-0.2, -0.15) is 0 Å². The molecule has 0 unspecified atom stereocenters. The maximum absolute atomic E-state index is 12.0. The Morgan fingerprint density at radius 1 is 1.33 bits per heavy atom. The maximum atomic E-state index is 12.0. The quantitative estimate of drug-likeness (QED) is 0.862. The normalized spacial score (nSPS) is 12.4. The maximum Gasteiger partial charge on any atom is 0.329 e. The highest BCUT2D eigenvalue weighted by Gasteiger charge is 2.24. The van der Waals surface area contributed by atoms with E-state index in [1.54, 1.807) is 0 Å². The molecule has 5 nitrogen and oxygen atoms in total. The van der Waals surface area contributed by atoms with E-state index >= 15 is 0 Å². The lowest BCUT2D eigenvalue weighted by Crippen LogP contribution is -2.44. The molecule has 0 aliphatic rings. The number of nitrogens with zero attached hydrogens (tertiary/aromatic N) is 1. The van der Waals surface area contributed by atoms with Crippen molar-refractivity contribution >= 4 is 33.4 Å². The molecule has 112 valence electrons. The molecular weight excluding hydrogens is 288 g/mol. The fourth-order valence-electron chi connectivity index (χ4n) is 1.92. The van der Waals surface area contributed by atoms with E-state index in [2.05, 4.69) is 10.3 Å². The van der Waals surface area contributed by atoms with E-state index in [1.165, 1.54) is 18.3 Å². The molecule has 1 N–H and O–H groups in total. The summed E-state index contributed by atoms with van der Waals surface area (Å²) in [4.78, 5) is 27.6. The van der Waals surface area contributed by atoms with E-state index in [4.69, 9.17) is 4.74 Å². The standard InChI is InChI=1S/C15H18N2O3S/c1-9(2)14(16-10(3)18)15(19)20-8-13-17-11-6-4-5-7-12(11)21-13/h4-7,9,14H,8H2,1-3H3,(H,16,18)/t14-/m1/s1. The first kappa shape index (κ1) is 15.4. The molecule has 1 heterocycles. The van der Waals surface area contributed by atoms with Crippen LogP contribution in [0.2, 0.25) is 0 Å². The summed E-state index contributed by atoms with van der Waals surface area (Å²) in [6, 6.07) is 7.14. The topological polar surface area (TPSA) is 68.3 Å². The monoisotopic (exact) mass is 306 g/mol. The molecule has 1 aromatic carbocycles. The van der Waals surface area contributed by atoms with Crippen molar-refractivity contribution in [3.05, 3.63) is 29.3 Å². The van der Waals surface area contributed by atoms with Gasteiger partial charge in [0.25, 0.3) is 0 Å². The third-order valence-electron chi connectivity index (χ3n) is 2.96. The Balaban J connectivity index is 2.00. The number of fused-ring (bicyclic) bond motifs is 1. The van der Waals surface area contributed by atoms with Crippen LogP contribution in [-0.4, -0.2) is 22.9 Å². The van der Waals surface area contributed by atoms with Crippen molar-refractivity contribution in [3.8, 4) is 0 Å². The molecule has 0 fully saturated rings. The van der Waals surface area contributed by atoms with E-state index in [9.17, 15) is 9.59 Å². The molecule has 0 radical (unpaired) electrons. The smallest absolute Gasteiger partial charge is 0.329 e. The number of aromatic nitrogens is 1. The summed E-state index contributed by atoms with van der Waals surface area (Å²) in [5, 5.41) is 3.36. The van der Waals surface area contributed by atoms with Crippen LogP contribution in [0.3, 0.4) is 0 Å². The molecule has 21 heavy (non-hydrogen) atoms. The van der Waals surface area contributed by atoms with E-state index < -0.39 is 12.0 Å². The van der Waals surface area contributed by atoms with Gasteiger partial charge in [-0.3, -0.25) is 4.79 Å². The average molecular weight is 306 g/mol. The van der Waals surface area contributed by atoms with Gasteiger partial charge in [0.05, 0.1) is 10.2 Å². The second kappa shape index (κ2) is 6.67. The van der Waals surface area contributed by atoms with Gasteiger partial charge in [-0.05, 0) is 18.1 Å². The highest BCUT2D eigenvalue weighted by atomic mass is 32.1. The molecule has 6 heteroatoms.